The Balaban J connectivity index is 1.55. The van der Waals surface area contributed by atoms with Gasteiger partial charge in [-0.05, 0) is 76.0 Å². The quantitative estimate of drug-likeness (QED) is 0.693. The van der Waals surface area contributed by atoms with Crippen molar-refractivity contribution >= 4 is 23.4 Å². The first-order chi connectivity index (χ1) is 15.6. The Hall–Kier alpha value is -2.12. The first kappa shape index (κ1) is 24.0. The smallest absolute Gasteiger partial charge is 0.414 e. The van der Waals surface area contributed by atoms with Crippen molar-refractivity contribution in [3.63, 3.8) is 0 Å². The molecule has 0 radical (unpaired) electrons. The topological polar surface area (TPSA) is 93.9 Å². The molecule has 3 N–H and O–H groups in total. The van der Waals surface area contributed by atoms with Crippen LogP contribution in [0.3, 0.4) is 0 Å². The van der Waals surface area contributed by atoms with E-state index in [1.165, 1.54) is 0 Å². The number of amides is 2. The van der Waals surface area contributed by atoms with Crippen LogP contribution in [0, 0.1) is 11.8 Å². The fourth-order valence-electron chi connectivity index (χ4n) is 5.51. The molecule has 1 unspecified atom stereocenters. The van der Waals surface area contributed by atoms with E-state index < -0.39 is 11.6 Å². The van der Waals surface area contributed by atoms with E-state index in [1.54, 1.807) is 4.90 Å². The molecule has 0 bridgehead atoms. The van der Waals surface area contributed by atoms with Crippen LogP contribution in [-0.2, 0) is 19.7 Å². The van der Waals surface area contributed by atoms with E-state index in [4.69, 9.17) is 15.2 Å². The maximum atomic E-state index is 13.1. The van der Waals surface area contributed by atoms with Crippen molar-refractivity contribution in [3.05, 3.63) is 23.8 Å². The van der Waals surface area contributed by atoms with Crippen molar-refractivity contribution in [2.75, 3.05) is 30.0 Å². The summed E-state index contributed by atoms with van der Waals surface area (Å²) in [6.45, 7) is 9.79. The Morgan fingerprint density at radius 2 is 1.85 bits per heavy atom. The second-order valence-corrected chi connectivity index (χ2v) is 11.2. The first-order valence-corrected chi connectivity index (χ1v) is 12.4. The third-order valence-corrected chi connectivity index (χ3v) is 7.52. The van der Waals surface area contributed by atoms with Gasteiger partial charge in [-0.1, -0.05) is 25.8 Å². The SMILES string of the molecule is CC(C)(C)OC(=O)N1CC2(CCOCC2)c2ccc(NC(=O)C(N)[C@H]3CC[C@H](C)CC3)cc21. The lowest BCUT2D eigenvalue weighted by molar-refractivity contribution is -0.118. The van der Waals surface area contributed by atoms with Crippen LogP contribution in [0.5, 0.6) is 0 Å². The molecule has 1 spiro atoms. The molecule has 3 aliphatic rings. The van der Waals surface area contributed by atoms with E-state index in [-0.39, 0.29) is 23.3 Å². The predicted molar refractivity (Wildman–Crippen MR) is 129 cm³/mol. The number of carbonyl (C=O) groups is 2. The molecule has 1 aromatic carbocycles. The van der Waals surface area contributed by atoms with Crippen molar-refractivity contribution in [2.45, 2.75) is 83.3 Å². The van der Waals surface area contributed by atoms with Crippen LogP contribution in [0.15, 0.2) is 18.2 Å². The van der Waals surface area contributed by atoms with E-state index in [1.807, 2.05) is 32.9 Å². The van der Waals surface area contributed by atoms with Gasteiger partial charge in [-0.25, -0.2) is 4.79 Å². The van der Waals surface area contributed by atoms with E-state index in [2.05, 4.69) is 18.3 Å². The predicted octanol–water partition coefficient (Wildman–Crippen LogP) is 4.58. The number of nitrogens with zero attached hydrogens (tertiary/aromatic N) is 1. The van der Waals surface area contributed by atoms with Crippen LogP contribution >= 0.6 is 0 Å². The van der Waals surface area contributed by atoms with Gasteiger partial charge in [0.2, 0.25) is 5.91 Å². The molecule has 1 saturated carbocycles. The molecule has 1 aromatic rings. The summed E-state index contributed by atoms with van der Waals surface area (Å²) >= 11 is 0. The van der Waals surface area contributed by atoms with Crippen LogP contribution in [-0.4, -0.2) is 43.4 Å². The van der Waals surface area contributed by atoms with Crippen molar-refractivity contribution in [2.24, 2.45) is 17.6 Å². The zero-order valence-corrected chi connectivity index (χ0v) is 20.5. The van der Waals surface area contributed by atoms with Gasteiger partial charge in [0.1, 0.15) is 5.60 Å². The lowest BCUT2D eigenvalue weighted by Gasteiger charge is -2.34. The van der Waals surface area contributed by atoms with Gasteiger partial charge in [0.15, 0.2) is 0 Å². The molecule has 0 aromatic heterocycles. The summed E-state index contributed by atoms with van der Waals surface area (Å²) in [7, 11) is 0. The van der Waals surface area contributed by atoms with Gasteiger partial charge in [0.05, 0.1) is 11.7 Å². The third kappa shape index (κ3) is 5.19. The number of fused-ring (bicyclic) bond motifs is 2. The molecule has 4 rings (SSSR count). The minimum absolute atomic E-state index is 0.137. The van der Waals surface area contributed by atoms with Crippen LogP contribution < -0.4 is 16.0 Å². The minimum Gasteiger partial charge on any atom is -0.443 e. The van der Waals surface area contributed by atoms with E-state index in [0.717, 1.165) is 49.8 Å². The normalized spacial score (nSPS) is 25.4. The molecule has 2 fully saturated rings. The highest BCUT2D eigenvalue weighted by Crippen LogP contribution is 2.48. The molecule has 33 heavy (non-hydrogen) atoms. The highest BCUT2D eigenvalue weighted by molar-refractivity contribution is 5.97. The number of nitrogens with two attached hydrogens (primary N) is 1. The number of benzene rings is 1. The maximum absolute atomic E-state index is 13.1. The number of hydrogen-bond donors (Lipinski definition) is 2. The number of ether oxygens (including phenoxy) is 2. The largest absolute Gasteiger partial charge is 0.443 e. The molecule has 2 heterocycles. The summed E-state index contributed by atoms with van der Waals surface area (Å²) in [6.07, 6.45) is 5.60. The Morgan fingerprint density at radius 1 is 1.18 bits per heavy atom. The molecule has 2 aliphatic heterocycles. The maximum Gasteiger partial charge on any atom is 0.414 e. The van der Waals surface area contributed by atoms with Crippen LogP contribution in [0.1, 0.15) is 71.8 Å². The molecule has 1 aliphatic carbocycles. The first-order valence-electron chi connectivity index (χ1n) is 12.4. The average molecular weight is 458 g/mol. The average Bonchev–Trinajstić information content (AvgIpc) is 3.06. The number of anilines is 2. The summed E-state index contributed by atoms with van der Waals surface area (Å²) in [6, 6.07) is 5.36. The molecular formula is C26H39N3O4. The number of hydrogen-bond acceptors (Lipinski definition) is 5. The number of rotatable bonds is 3. The lowest BCUT2D eigenvalue weighted by atomic mass is 9.76. The number of carbonyl (C=O) groups excluding carboxylic acids is 2. The Morgan fingerprint density at radius 3 is 2.48 bits per heavy atom. The second kappa shape index (κ2) is 9.26. The molecule has 1 saturated heterocycles. The zero-order valence-electron chi connectivity index (χ0n) is 20.5. The van der Waals surface area contributed by atoms with Crippen molar-refractivity contribution in [3.8, 4) is 0 Å². The third-order valence-electron chi connectivity index (χ3n) is 7.52. The van der Waals surface area contributed by atoms with Crippen LogP contribution in [0.25, 0.3) is 0 Å². The van der Waals surface area contributed by atoms with Crippen LogP contribution in [0.4, 0.5) is 16.2 Å². The van der Waals surface area contributed by atoms with Gasteiger partial charge in [-0.3, -0.25) is 9.69 Å². The molecule has 7 heteroatoms. The molecule has 182 valence electrons. The number of nitrogens with one attached hydrogen (secondary N) is 1. The second-order valence-electron chi connectivity index (χ2n) is 11.2. The summed E-state index contributed by atoms with van der Waals surface area (Å²) < 4.78 is 11.3. The molecule has 1 atom stereocenters. The molecular weight excluding hydrogens is 418 g/mol. The van der Waals surface area contributed by atoms with Gasteiger partial charge in [-0.2, -0.15) is 0 Å². The Bertz CT molecular complexity index is 880. The lowest BCUT2D eigenvalue weighted by Crippen LogP contribution is -2.43. The van der Waals surface area contributed by atoms with Crippen molar-refractivity contribution in [1.82, 2.24) is 0 Å². The Kier molecular flexibility index (Phi) is 6.74. The highest BCUT2D eigenvalue weighted by Gasteiger charge is 2.46. The van der Waals surface area contributed by atoms with E-state index in [0.29, 0.717) is 31.4 Å². The van der Waals surface area contributed by atoms with Gasteiger partial charge in [-0.15, -0.1) is 0 Å². The fraction of sp³-hybridized carbons (Fsp3) is 0.692. The minimum atomic E-state index is -0.585. The van der Waals surface area contributed by atoms with Gasteiger partial charge < -0.3 is 20.5 Å². The Labute approximate surface area is 197 Å². The van der Waals surface area contributed by atoms with E-state index >= 15 is 0 Å². The summed E-state index contributed by atoms with van der Waals surface area (Å²) in [5.41, 5.74) is 8.22. The molecule has 7 nitrogen and oxygen atoms in total. The molecule has 2 amide bonds. The van der Waals surface area contributed by atoms with Crippen molar-refractivity contribution in [1.29, 1.82) is 0 Å². The van der Waals surface area contributed by atoms with E-state index in [9.17, 15) is 9.59 Å². The van der Waals surface area contributed by atoms with Gasteiger partial charge in [0, 0.05) is 30.9 Å². The summed E-state index contributed by atoms with van der Waals surface area (Å²) in [5.74, 6) is 0.779. The summed E-state index contributed by atoms with van der Waals surface area (Å²) in [5, 5.41) is 3.01. The van der Waals surface area contributed by atoms with Gasteiger partial charge in [0.25, 0.3) is 0 Å². The van der Waals surface area contributed by atoms with Gasteiger partial charge >= 0.3 is 6.09 Å². The summed E-state index contributed by atoms with van der Waals surface area (Å²) in [4.78, 5) is 27.7. The highest BCUT2D eigenvalue weighted by atomic mass is 16.6. The monoisotopic (exact) mass is 457 g/mol. The zero-order chi connectivity index (χ0) is 23.8. The fourth-order valence-corrected chi connectivity index (χ4v) is 5.51. The van der Waals surface area contributed by atoms with Crippen molar-refractivity contribution < 1.29 is 19.1 Å². The standard InChI is InChI=1S/C26H39N3O4/c1-17-5-7-18(8-6-17)22(27)23(30)28-19-9-10-20-21(15-19)29(24(31)33-25(2,3)4)16-26(20)11-13-32-14-12-26/h9-10,15,17-18,22H,5-8,11-14,16,27H2,1-4H3,(H,28,30)/t17-,18-,22?. The van der Waals surface area contributed by atoms with Crippen LogP contribution in [0.2, 0.25) is 0 Å².